The second-order valence-electron chi connectivity index (χ2n) is 4.23. The number of fused-ring (bicyclic) bond motifs is 1. The molecule has 2 nitrogen and oxygen atoms in total. The number of anilines is 1. The Hall–Kier alpha value is -1.17. The number of halogens is 3. The van der Waals surface area contributed by atoms with Gasteiger partial charge in [-0.05, 0) is 25.0 Å². The molecule has 1 aliphatic carbocycles. The Bertz CT molecular complexity index is 508. The fourth-order valence-corrected chi connectivity index (χ4v) is 3.25. The van der Waals surface area contributed by atoms with Gasteiger partial charge in [0.05, 0.1) is 16.0 Å². The Morgan fingerprint density at radius 3 is 2.59 bits per heavy atom. The topological polar surface area (TPSA) is 29.1 Å². The molecule has 1 N–H and O–H groups in total. The first kappa shape index (κ1) is 11.0. The Morgan fingerprint density at radius 2 is 2.00 bits per heavy atom. The summed E-state index contributed by atoms with van der Waals surface area (Å²) in [6, 6.07) is 3.87. The van der Waals surface area contributed by atoms with Crippen molar-refractivity contribution in [3.05, 3.63) is 23.8 Å². The molecular weight excluding hydrogens is 251 g/mol. The van der Waals surface area contributed by atoms with E-state index in [1.54, 1.807) is 0 Å². The fourth-order valence-electron chi connectivity index (χ4n) is 1.89. The zero-order valence-electron chi connectivity index (χ0n) is 8.60. The molecule has 90 valence electrons. The van der Waals surface area contributed by atoms with Crippen molar-refractivity contribution in [3.63, 3.8) is 0 Å². The van der Waals surface area contributed by atoms with Crippen molar-refractivity contribution in [2.24, 2.45) is 0 Å². The summed E-state index contributed by atoms with van der Waals surface area (Å²) in [5, 5.41) is 2.57. The van der Waals surface area contributed by atoms with E-state index in [0.717, 1.165) is 17.8 Å². The summed E-state index contributed by atoms with van der Waals surface area (Å²) >= 11 is 1.05. The molecule has 1 aromatic carbocycles. The summed E-state index contributed by atoms with van der Waals surface area (Å²) < 4.78 is 37.8. The summed E-state index contributed by atoms with van der Waals surface area (Å²) in [6.45, 7) is 0. The highest BCUT2D eigenvalue weighted by molar-refractivity contribution is 8.02. The first-order valence-corrected chi connectivity index (χ1v) is 5.95. The van der Waals surface area contributed by atoms with E-state index >= 15 is 0 Å². The van der Waals surface area contributed by atoms with Crippen LogP contribution >= 0.6 is 11.8 Å². The number of rotatable bonds is 0. The number of hydrogen-bond acceptors (Lipinski definition) is 2. The van der Waals surface area contributed by atoms with Crippen molar-refractivity contribution in [2.75, 3.05) is 5.32 Å². The van der Waals surface area contributed by atoms with E-state index in [-0.39, 0.29) is 16.5 Å². The minimum Gasteiger partial charge on any atom is -0.324 e. The molecule has 0 atom stereocenters. The molecule has 0 unspecified atom stereocenters. The predicted molar refractivity (Wildman–Crippen MR) is 57.9 cm³/mol. The molecule has 0 radical (unpaired) electrons. The molecule has 0 bridgehead atoms. The van der Waals surface area contributed by atoms with E-state index in [1.807, 2.05) is 0 Å². The third-order valence-corrected chi connectivity index (χ3v) is 4.61. The van der Waals surface area contributed by atoms with Crippen LogP contribution in [0.2, 0.25) is 0 Å². The quantitative estimate of drug-likeness (QED) is 0.774. The lowest BCUT2D eigenvalue weighted by molar-refractivity contribution is -0.139. The van der Waals surface area contributed by atoms with Crippen molar-refractivity contribution in [1.82, 2.24) is 0 Å². The van der Waals surface area contributed by atoms with Crippen LogP contribution in [0.4, 0.5) is 18.9 Å². The monoisotopic (exact) mass is 259 g/mol. The molecule has 1 fully saturated rings. The van der Waals surface area contributed by atoms with Gasteiger partial charge >= 0.3 is 6.18 Å². The maximum atomic E-state index is 12.8. The van der Waals surface area contributed by atoms with Gasteiger partial charge in [-0.3, -0.25) is 4.79 Å². The van der Waals surface area contributed by atoms with Gasteiger partial charge in [-0.2, -0.15) is 13.2 Å². The van der Waals surface area contributed by atoms with E-state index in [4.69, 9.17) is 0 Å². The summed E-state index contributed by atoms with van der Waals surface area (Å²) in [6.07, 6.45) is -3.08. The van der Waals surface area contributed by atoms with Crippen molar-refractivity contribution in [2.45, 2.75) is 28.7 Å². The number of amides is 1. The average Bonchev–Trinajstić information content (AvgIpc) is 2.98. The Kier molecular flexibility index (Phi) is 2.05. The summed E-state index contributed by atoms with van der Waals surface area (Å²) in [5.41, 5.74) is -0.390. The van der Waals surface area contributed by atoms with E-state index in [0.29, 0.717) is 12.8 Å². The molecule has 3 rings (SSSR count). The molecule has 0 aromatic heterocycles. The second kappa shape index (κ2) is 3.19. The maximum Gasteiger partial charge on any atom is 0.417 e. The minimum absolute atomic E-state index is 0.150. The molecule has 1 heterocycles. The van der Waals surface area contributed by atoms with Gasteiger partial charge in [-0.15, -0.1) is 11.8 Å². The summed E-state index contributed by atoms with van der Waals surface area (Å²) in [5.74, 6) is -0.172. The molecule has 0 saturated heterocycles. The zero-order valence-corrected chi connectivity index (χ0v) is 9.41. The van der Waals surface area contributed by atoms with Crippen LogP contribution in [-0.4, -0.2) is 10.7 Å². The van der Waals surface area contributed by atoms with Crippen LogP contribution in [0.3, 0.4) is 0 Å². The van der Waals surface area contributed by atoms with Gasteiger partial charge in [0.2, 0.25) is 5.91 Å². The second-order valence-corrected chi connectivity index (χ2v) is 5.62. The van der Waals surface area contributed by atoms with Gasteiger partial charge in [0, 0.05) is 4.90 Å². The van der Waals surface area contributed by atoms with Crippen LogP contribution in [0.1, 0.15) is 18.4 Å². The molecule has 2 aliphatic rings. The number of nitrogens with one attached hydrogen (secondary N) is 1. The molecule has 6 heteroatoms. The van der Waals surface area contributed by atoms with Gasteiger partial charge < -0.3 is 5.32 Å². The predicted octanol–water partition coefficient (Wildman–Crippen LogP) is 3.28. The molecule has 1 spiro atoms. The van der Waals surface area contributed by atoms with Crippen LogP contribution in [0, 0.1) is 0 Å². The van der Waals surface area contributed by atoms with Crippen LogP contribution in [-0.2, 0) is 11.0 Å². The van der Waals surface area contributed by atoms with Crippen LogP contribution < -0.4 is 5.32 Å². The lowest BCUT2D eigenvalue weighted by Gasteiger charge is -2.26. The third kappa shape index (κ3) is 1.62. The van der Waals surface area contributed by atoms with Crippen LogP contribution in [0.5, 0.6) is 0 Å². The first-order chi connectivity index (χ1) is 7.92. The maximum absolute atomic E-state index is 12.8. The molecular formula is C11H8F3NOS. The number of carbonyl (C=O) groups is 1. The number of benzene rings is 1. The van der Waals surface area contributed by atoms with Crippen molar-refractivity contribution < 1.29 is 18.0 Å². The SMILES string of the molecule is O=C1Nc2cccc(C(F)(F)F)c2SC12CC2. The van der Waals surface area contributed by atoms with Crippen molar-refractivity contribution in [3.8, 4) is 0 Å². The van der Waals surface area contributed by atoms with E-state index in [2.05, 4.69) is 5.32 Å². The number of alkyl halides is 3. The first-order valence-electron chi connectivity index (χ1n) is 5.13. The Balaban J connectivity index is 2.12. The lowest BCUT2D eigenvalue weighted by Crippen LogP contribution is -2.31. The van der Waals surface area contributed by atoms with Crippen LogP contribution in [0.15, 0.2) is 23.1 Å². The highest BCUT2D eigenvalue weighted by Gasteiger charge is 2.54. The molecule has 1 aromatic rings. The Morgan fingerprint density at radius 1 is 1.29 bits per heavy atom. The van der Waals surface area contributed by atoms with Crippen molar-refractivity contribution >= 4 is 23.4 Å². The number of carbonyl (C=O) groups excluding carboxylic acids is 1. The van der Waals surface area contributed by atoms with Gasteiger partial charge in [0.25, 0.3) is 0 Å². The largest absolute Gasteiger partial charge is 0.417 e. The van der Waals surface area contributed by atoms with Crippen LogP contribution in [0.25, 0.3) is 0 Å². The lowest BCUT2D eigenvalue weighted by atomic mass is 10.1. The van der Waals surface area contributed by atoms with Gasteiger partial charge in [0.1, 0.15) is 0 Å². The molecule has 1 saturated carbocycles. The molecule has 1 aliphatic heterocycles. The number of hydrogen-bond donors (Lipinski definition) is 1. The minimum atomic E-state index is -4.38. The van der Waals surface area contributed by atoms with Gasteiger partial charge in [-0.25, -0.2) is 0 Å². The third-order valence-electron chi connectivity index (χ3n) is 2.98. The molecule has 17 heavy (non-hydrogen) atoms. The highest BCUT2D eigenvalue weighted by Crippen LogP contribution is 2.58. The zero-order chi connectivity index (χ0) is 12.3. The Labute approximate surface area is 99.6 Å². The average molecular weight is 259 g/mol. The van der Waals surface area contributed by atoms with Crippen molar-refractivity contribution in [1.29, 1.82) is 0 Å². The van der Waals surface area contributed by atoms with Gasteiger partial charge in [-0.1, -0.05) is 6.07 Å². The van der Waals surface area contributed by atoms with E-state index < -0.39 is 16.5 Å². The van der Waals surface area contributed by atoms with E-state index in [1.165, 1.54) is 12.1 Å². The number of thioether (sulfide) groups is 1. The standard InChI is InChI=1S/C11H8F3NOS/c12-11(13,14)6-2-1-3-7-8(6)17-10(4-5-10)9(16)15-7/h1-3H,4-5H2,(H,15,16). The highest BCUT2D eigenvalue weighted by atomic mass is 32.2. The summed E-state index contributed by atoms with van der Waals surface area (Å²) in [4.78, 5) is 11.8. The summed E-state index contributed by atoms with van der Waals surface area (Å²) in [7, 11) is 0. The van der Waals surface area contributed by atoms with Gasteiger partial charge in [0.15, 0.2) is 0 Å². The fraction of sp³-hybridized carbons (Fsp3) is 0.364. The normalized spacial score (nSPS) is 21.0. The molecule has 1 amide bonds. The van der Waals surface area contributed by atoms with E-state index in [9.17, 15) is 18.0 Å². The smallest absolute Gasteiger partial charge is 0.324 e.